The molecule has 0 saturated heterocycles. The van der Waals surface area contributed by atoms with Crippen molar-refractivity contribution in [2.75, 3.05) is 6.79 Å². The third-order valence-electron chi connectivity index (χ3n) is 3.93. The summed E-state index contributed by atoms with van der Waals surface area (Å²) >= 11 is 0. The van der Waals surface area contributed by atoms with Gasteiger partial charge in [-0.1, -0.05) is 0 Å². The minimum Gasteiger partial charge on any atom is -0.504 e. The average molecular weight is 314 g/mol. The second-order valence-electron chi connectivity index (χ2n) is 5.14. The molecule has 1 aliphatic rings. The topological polar surface area (TPSA) is 119 Å². The maximum absolute atomic E-state index is 12.2. The van der Waals surface area contributed by atoms with E-state index in [-0.39, 0.29) is 51.0 Å². The highest BCUT2D eigenvalue weighted by Crippen LogP contribution is 2.46. The lowest BCUT2D eigenvalue weighted by Gasteiger charge is -2.10. The van der Waals surface area contributed by atoms with Crippen molar-refractivity contribution in [3.05, 3.63) is 33.0 Å². The molecule has 0 unspecified atom stereocenters. The van der Waals surface area contributed by atoms with Gasteiger partial charge in [0.1, 0.15) is 0 Å². The Hall–Kier alpha value is -3.42. The van der Waals surface area contributed by atoms with Crippen LogP contribution in [0.1, 0.15) is 0 Å². The van der Waals surface area contributed by atoms with E-state index in [2.05, 4.69) is 0 Å². The summed E-state index contributed by atoms with van der Waals surface area (Å²) in [6, 6.07) is 2.49. The van der Waals surface area contributed by atoms with Gasteiger partial charge in [-0.2, -0.15) is 0 Å². The molecule has 0 spiro atoms. The SMILES string of the molecule is O=c1oc2c3c(cc4c(=O)oc5c(O)c(O)cc1c5c24)OCO3. The first-order valence-corrected chi connectivity index (χ1v) is 6.56. The van der Waals surface area contributed by atoms with Gasteiger partial charge in [0.15, 0.2) is 22.7 Å². The maximum atomic E-state index is 12.2. The maximum Gasteiger partial charge on any atom is 0.344 e. The number of ether oxygens (including phenoxy) is 2. The Morgan fingerprint density at radius 1 is 0.870 bits per heavy atom. The lowest BCUT2D eigenvalue weighted by atomic mass is 10.0. The first-order valence-electron chi connectivity index (χ1n) is 6.56. The Morgan fingerprint density at radius 3 is 2.30 bits per heavy atom. The van der Waals surface area contributed by atoms with E-state index >= 15 is 0 Å². The number of aromatic hydroxyl groups is 2. The first-order chi connectivity index (χ1) is 11.1. The standard InChI is InChI=1S/C15H6O8/c16-6-1-4-8-9-5(15(19)22-12(8)10(6)17)2-7-11(21-3-20-7)13(9)23-14(4)18/h1-2,16-17H,3H2. The summed E-state index contributed by atoms with van der Waals surface area (Å²) in [6.07, 6.45) is 0. The molecular weight excluding hydrogens is 308 g/mol. The van der Waals surface area contributed by atoms with Crippen molar-refractivity contribution in [3.8, 4) is 23.0 Å². The van der Waals surface area contributed by atoms with Crippen molar-refractivity contribution >= 4 is 32.7 Å². The largest absolute Gasteiger partial charge is 0.504 e. The first kappa shape index (κ1) is 12.2. The lowest BCUT2D eigenvalue weighted by molar-refractivity contribution is 0.174. The smallest absolute Gasteiger partial charge is 0.344 e. The zero-order chi connectivity index (χ0) is 15.9. The number of phenolic OH excluding ortho intramolecular Hbond substituents is 2. The third-order valence-corrected chi connectivity index (χ3v) is 3.93. The monoisotopic (exact) mass is 314 g/mol. The molecule has 5 rings (SSSR count). The Bertz CT molecular complexity index is 1240. The van der Waals surface area contributed by atoms with E-state index in [0.717, 1.165) is 6.07 Å². The summed E-state index contributed by atoms with van der Waals surface area (Å²) in [5.41, 5.74) is -1.78. The van der Waals surface area contributed by atoms with Gasteiger partial charge in [-0.3, -0.25) is 0 Å². The van der Waals surface area contributed by atoms with Gasteiger partial charge in [0.25, 0.3) is 0 Å². The summed E-state index contributed by atoms with van der Waals surface area (Å²) < 4.78 is 20.9. The van der Waals surface area contributed by atoms with Gasteiger partial charge in [-0.05, 0) is 12.1 Å². The molecule has 2 N–H and O–H groups in total. The van der Waals surface area contributed by atoms with Crippen LogP contribution in [-0.4, -0.2) is 17.0 Å². The van der Waals surface area contributed by atoms with Crippen LogP contribution in [-0.2, 0) is 0 Å². The minimum atomic E-state index is -0.767. The molecule has 114 valence electrons. The molecule has 0 radical (unpaired) electrons. The van der Waals surface area contributed by atoms with E-state index in [1.807, 2.05) is 0 Å². The van der Waals surface area contributed by atoms with Crippen LogP contribution < -0.4 is 20.7 Å². The molecule has 2 aromatic heterocycles. The zero-order valence-electron chi connectivity index (χ0n) is 11.2. The Labute approximate surface area is 125 Å². The van der Waals surface area contributed by atoms with Crippen molar-refractivity contribution < 1.29 is 28.5 Å². The van der Waals surface area contributed by atoms with Crippen molar-refractivity contribution in [2.45, 2.75) is 0 Å². The van der Waals surface area contributed by atoms with Crippen LogP contribution in [0.2, 0.25) is 0 Å². The number of rotatable bonds is 0. The van der Waals surface area contributed by atoms with Gasteiger partial charge in [0.05, 0.1) is 10.8 Å². The molecule has 0 fully saturated rings. The van der Waals surface area contributed by atoms with Gasteiger partial charge < -0.3 is 28.5 Å². The van der Waals surface area contributed by atoms with Gasteiger partial charge in [0.2, 0.25) is 18.3 Å². The number of benzene rings is 2. The fourth-order valence-electron chi connectivity index (χ4n) is 2.96. The van der Waals surface area contributed by atoms with Gasteiger partial charge in [-0.25, -0.2) is 9.59 Å². The number of hydrogen-bond donors (Lipinski definition) is 2. The van der Waals surface area contributed by atoms with Crippen LogP contribution in [0.4, 0.5) is 0 Å². The predicted molar refractivity (Wildman–Crippen MR) is 76.7 cm³/mol. The van der Waals surface area contributed by atoms with Gasteiger partial charge in [0, 0.05) is 10.8 Å². The van der Waals surface area contributed by atoms with Crippen LogP contribution in [0.15, 0.2) is 30.6 Å². The second-order valence-corrected chi connectivity index (χ2v) is 5.14. The predicted octanol–water partition coefficient (Wildman–Crippen LogP) is 1.63. The summed E-state index contributed by atoms with van der Waals surface area (Å²) in [6.45, 7) is -0.0711. The van der Waals surface area contributed by atoms with Gasteiger partial charge in [-0.15, -0.1) is 0 Å². The molecule has 23 heavy (non-hydrogen) atoms. The summed E-state index contributed by atoms with van der Waals surface area (Å²) in [5, 5.41) is 20.2. The quantitative estimate of drug-likeness (QED) is 0.285. The van der Waals surface area contributed by atoms with Crippen LogP contribution in [0.5, 0.6) is 23.0 Å². The highest BCUT2D eigenvalue weighted by atomic mass is 16.7. The molecule has 0 bridgehead atoms. The highest BCUT2D eigenvalue weighted by Gasteiger charge is 2.28. The van der Waals surface area contributed by atoms with Crippen LogP contribution in [0, 0.1) is 0 Å². The van der Waals surface area contributed by atoms with Crippen molar-refractivity contribution in [1.82, 2.24) is 0 Å². The Balaban J connectivity index is 2.24. The fraction of sp³-hybridized carbons (Fsp3) is 0.0667. The van der Waals surface area contributed by atoms with E-state index in [1.165, 1.54) is 6.07 Å². The number of phenols is 2. The number of fused-ring (bicyclic) bond motifs is 2. The zero-order valence-corrected chi connectivity index (χ0v) is 11.2. The second kappa shape index (κ2) is 3.67. The van der Waals surface area contributed by atoms with Crippen molar-refractivity contribution in [3.63, 3.8) is 0 Å². The van der Waals surface area contributed by atoms with Crippen molar-refractivity contribution in [2.24, 2.45) is 0 Å². The summed E-state index contributed by atoms with van der Waals surface area (Å²) in [7, 11) is 0. The van der Waals surface area contributed by atoms with Crippen LogP contribution in [0.3, 0.4) is 0 Å². The fourth-order valence-corrected chi connectivity index (χ4v) is 2.96. The van der Waals surface area contributed by atoms with E-state index in [0.29, 0.717) is 0 Å². The van der Waals surface area contributed by atoms with Crippen LogP contribution >= 0.6 is 0 Å². The van der Waals surface area contributed by atoms with E-state index in [1.54, 1.807) is 0 Å². The molecule has 8 heteroatoms. The van der Waals surface area contributed by atoms with Crippen molar-refractivity contribution in [1.29, 1.82) is 0 Å². The van der Waals surface area contributed by atoms with E-state index < -0.39 is 22.8 Å². The Kier molecular flexibility index (Phi) is 1.94. The molecule has 4 aromatic rings. The van der Waals surface area contributed by atoms with Gasteiger partial charge >= 0.3 is 11.3 Å². The molecule has 0 saturated carbocycles. The molecule has 3 heterocycles. The molecule has 8 nitrogen and oxygen atoms in total. The van der Waals surface area contributed by atoms with E-state index in [9.17, 15) is 19.8 Å². The molecule has 2 aromatic carbocycles. The summed E-state index contributed by atoms with van der Waals surface area (Å²) in [4.78, 5) is 24.5. The number of hydrogen-bond acceptors (Lipinski definition) is 8. The Morgan fingerprint density at radius 2 is 1.52 bits per heavy atom. The molecular formula is C15H6O8. The highest BCUT2D eigenvalue weighted by molar-refractivity contribution is 6.22. The van der Waals surface area contributed by atoms with E-state index in [4.69, 9.17) is 18.3 Å². The average Bonchev–Trinajstić information content (AvgIpc) is 2.99. The molecule has 0 amide bonds. The third kappa shape index (κ3) is 1.30. The van der Waals surface area contributed by atoms with Crippen LogP contribution in [0.25, 0.3) is 32.7 Å². The summed E-state index contributed by atoms with van der Waals surface area (Å²) in [5.74, 6) is -0.744. The molecule has 0 atom stereocenters. The normalized spacial score (nSPS) is 13.6. The molecule has 1 aliphatic heterocycles. The molecule has 0 aliphatic carbocycles. The lowest BCUT2D eigenvalue weighted by Crippen LogP contribution is -2.06. The minimum absolute atomic E-state index is 0.0181.